The van der Waals surface area contributed by atoms with Crippen molar-refractivity contribution in [2.24, 2.45) is 11.8 Å². The van der Waals surface area contributed by atoms with E-state index >= 15 is 0 Å². The number of hydrogen-bond donors (Lipinski definition) is 0. The summed E-state index contributed by atoms with van der Waals surface area (Å²) in [7, 11) is 0. The maximum Gasteiger partial charge on any atom is -0.0190 e. The van der Waals surface area contributed by atoms with Gasteiger partial charge in [-0.2, -0.15) is 0 Å². The molecule has 0 heterocycles. The number of unbranched alkanes of at least 4 members (excludes halogenated alkanes) is 2. The molecule has 0 saturated carbocycles. The van der Waals surface area contributed by atoms with E-state index in [1.807, 2.05) is 0 Å². The van der Waals surface area contributed by atoms with Crippen LogP contribution < -0.4 is 0 Å². The fraction of sp³-hybridized carbons (Fsp3) is 0.760. The second-order valence-electron chi connectivity index (χ2n) is 8.55. The van der Waals surface area contributed by atoms with E-state index in [-0.39, 0.29) is 0 Å². The topological polar surface area (TPSA) is 0 Å². The zero-order valence-corrected chi connectivity index (χ0v) is 17.8. The van der Waals surface area contributed by atoms with E-state index in [0.717, 1.165) is 11.8 Å². The van der Waals surface area contributed by atoms with E-state index in [0.29, 0.717) is 5.92 Å². The van der Waals surface area contributed by atoms with Gasteiger partial charge in [-0.3, -0.25) is 0 Å². The number of rotatable bonds is 14. The molecule has 0 aliphatic heterocycles. The summed E-state index contributed by atoms with van der Waals surface area (Å²) in [6.45, 7) is 11.7. The van der Waals surface area contributed by atoms with Gasteiger partial charge < -0.3 is 0 Å². The van der Waals surface area contributed by atoms with Crippen LogP contribution in [0.1, 0.15) is 115 Å². The van der Waals surface area contributed by atoms with Crippen molar-refractivity contribution < 1.29 is 0 Å². The third-order valence-corrected chi connectivity index (χ3v) is 6.08. The molecule has 0 spiro atoms. The van der Waals surface area contributed by atoms with Crippen LogP contribution in [-0.4, -0.2) is 0 Å². The SMILES string of the molecule is CCCCC(CC)CCCCC(C)CCCC(C)c1ccc(C)cc1. The molecule has 0 radical (unpaired) electrons. The van der Waals surface area contributed by atoms with E-state index in [2.05, 4.69) is 58.9 Å². The van der Waals surface area contributed by atoms with Crippen molar-refractivity contribution in [2.75, 3.05) is 0 Å². The number of benzene rings is 1. The molecule has 144 valence electrons. The van der Waals surface area contributed by atoms with Crippen LogP contribution >= 0.6 is 0 Å². The second-order valence-corrected chi connectivity index (χ2v) is 8.55. The van der Waals surface area contributed by atoms with Gasteiger partial charge in [0.25, 0.3) is 0 Å². The minimum Gasteiger partial charge on any atom is -0.0654 e. The third-order valence-electron chi connectivity index (χ3n) is 6.08. The van der Waals surface area contributed by atoms with E-state index in [9.17, 15) is 0 Å². The van der Waals surface area contributed by atoms with Crippen molar-refractivity contribution in [3.8, 4) is 0 Å². The minimum atomic E-state index is 0.705. The molecular formula is C25H44. The summed E-state index contributed by atoms with van der Waals surface area (Å²) in [5.74, 6) is 2.60. The fourth-order valence-corrected chi connectivity index (χ4v) is 3.95. The monoisotopic (exact) mass is 344 g/mol. The number of hydrogen-bond acceptors (Lipinski definition) is 0. The first-order chi connectivity index (χ1) is 12.1. The molecule has 0 nitrogen and oxygen atoms in total. The first kappa shape index (κ1) is 22.3. The maximum absolute atomic E-state index is 2.46. The molecule has 0 amide bonds. The largest absolute Gasteiger partial charge is 0.0654 e. The Hall–Kier alpha value is -0.780. The van der Waals surface area contributed by atoms with Gasteiger partial charge in [-0.05, 0) is 36.7 Å². The van der Waals surface area contributed by atoms with Crippen LogP contribution in [-0.2, 0) is 0 Å². The summed E-state index contributed by atoms with van der Waals surface area (Å²) in [5.41, 5.74) is 2.88. The van der Waals surface area contributed by atoms with Gasteiger partial charge >= 0.3 is 0 Å². The lowest BCUT2D eigenvalue weighted by atomic mass is 9.89. The Morgan fingerprint density at radius 3 is 1.96 bits per heavy atom. The lowest BCUT2D eigenvalue weighted by molar-refractivity contribution is 0.380. The van der Waals surface area contributed by atoms with Gasteiger partial charge in [0.1, 0.15) is 0 Å². The Morgan fingerprint density at radius 1 is 0.720 bits per heavy atom. The number of aryl methyl sites for hydroxylation is 1. The molecule has 1 aromatic carbocycles. The molecule has 0 aromatic heterocycles. The normalized spacial score (nSPS) is 15.1. The summed E-state index contributed by atoms with van der Waals surface area (Å²) in [5, 5.41) is 0. The average Bonchev–Trinajstić information content (AvgIpc) is 2.61. The van der Waals surface area contributed by atoms with Crippen molar-refractivity contribution in [2.45, 2.75) is 111 Å². The lowest BCUT2D eigenvalue weighted by Crippen LogP contribution is -2.01. The summed E-state index contributed by atoms with van der Waals surface area (Å²) < 4.78 is 0. The molecule has 0 N–H and O–H groups in total. The molecule has 0 bridgehead atoms. The van der Waals surface area contributed by atoms with E-state index in [1.165, 1.54) is 81.8 Å². The van der Waals surface area contributed by atoms with Crippen LogP contribution in [0.3, 0.4) is 0 Å². The van der Waals surface area contributed by atoms with Crippen molar-refractivity contribution in [3.05, 3.63) is 35.4 Å². The fourth-order valence-electron chi connectivity index (χ4n) is 3.95. The predicted octanol–water partition coefficient (Wildman–Crippen LogP) is 8.68. The van der Waals surface area contributed by atoms with Crippen LogP contribution in [0, 0.1) is 18.8 Å². The average molecular weight is 345 g/mol. The zero-order chi connectivity index (χ0) is 18.5. The van der Waals surface area contributed by atoms with Gasteiger partial charge in [-0.1, -0.05) is 122 Å². The van der Waals surface area contributed by atoms with Gasteiger partial charge in [-0.15, -0.1) is 0 Å². The first-order valence-electron chi connectivity index (χ1n) is 11.1. The molecule has 0 heteroatoms. The Balaban J connectivity index is 2.10. The molecule has 3 atom stereocenters. The third kappa shape index (κ3) is 10.1. The van der Waals surface area contributed by atoms with Crippen LogP contribution in [0.25, 0.3) is 0 Å². The zero-order valence-electron chi connectivity index (χ0n) is 17.8. The van der Waals surface area contributed by atoms with Crippen LogP contribution in [0.4, 0.5) is 0 Å². The molecule has 0 saturated heterocycles. The molecule has 25 heavy (non-hydrogen) atoms. The van der Waals surface area contributed by atoms with Crippen LogP contribution in [0.15, 0.2) is 24.3 Å². The van der Waals surface area contributed by atoms with Gasteiger partial charge in [0.05, 0.1) is 0 Å². The molecule has 0 fully saturated rings. The van der Waals surface area contributed by atoms with Crippen LogP contribution in [0.5, 0.6) is 0 Å². The smallest absolute Gasteiger partial charge is 0.0190 e. The van der Waals surface area contributed by atoms with Crippen LogP contribution in [0.2, 0.25) is 0 Å². The first-order valence-corrected chi connectivity index (χ1v) is 11.1. The van der Waals surface area contributed by atoms with Gasteiger partial charge in [0.2, 0.25) is 0 Å². The highest BCUT2D eigenvalue weighted by Crippen LogP contribution is 2.25. The summed E-state index contributed by atoms with van der Waals surface area (Å²) in [4.78, 5) is 0. The predicted molar refractivity (Wildman–Crippen MR) is 114 cm³/mol. The Labute approximate surface area is 158 Å². The molecule has 3 unspecified atom stereocenters. The van der Waals surface area contributed by atoms with Gasteiger partial charge in [-0.25, -0.2) is 0 Å². The molecule has 0 aliphatic rings. The molecule has 1 rings (SSSR count). The van der Waals surface area contributed by atoms with E-state index < -0.39 is 0 Å². The van der Waals surface area contributed by atoms with Crippen molar-refractivity contribution in [1.29, 1.82) is 0 Å². The van der Waals surface area contributed by atoms with Gasteiger partial charge in [0, 0.05) is 0 Å². The second kappa shape index (κ2) is 13.4. The van der Waals surface area contributed by atoms with E-state index in [4.69, 9.17) is 0 Å². The van der Waals surface area contributed by atoms with Crippen molar-refractivity contribution >= 4 is 0 Å². The van der Waals surface area contributed by atoms with Crippen molar-refractivity contribution in [1.82, 2.24) is 0 Å². The lowest BCUT2D eigenvalue weighted by Gasteiger charge is -2.16. The highest BCUT2D eigenvalue weighted by atomic mass is 14.1. The Bertz CT molecular complexity index is 416. The highest BCUT2D eigenvalue weighted by Gasteiger charge is 2.09. The highest BCUT2D eigenvalue weighted by molar-refractivity contribution is 5.23. The Kier molecular flexibility index (Phi) is 12.0. The summed E-state index contributed by atoms with van der Waals surface area (Å²) >= 11 is 0. The van der Waals surface area contributed by atoms with E-state index in [1.54, 1.807) is 0 Å². The molecular weight excluding hydrogens is 300 g/mol. The maximum atomic E-state index is 2.46. The Morgan fingerprint density at radius 2 is 1.32 bits per heavy atom. The standard InChI is InChI=1S/C25H44/c1-6-8-15-24(7-2)16-10-9-12-21(3)13-11-14-23(5)25-19-17-22(4)18-20-25/h17-21,23-24H,6-16H2,1-5H3. The molecule has 1 aromatic rings. The summed E-state index contributed by atoms with van der Waals surface area (Å²) in [6.07, 6.45) is 15.5. The van der Waals surface area contributed by atoms with Crippen molar-refractivity contribution in [3.63, 3.8) is 0 Å². The molecule has 0 aliphatic carbocycles. The minimum absolute atomic E-state index is 0.705. The van der Waals surface area contributed by atoms with Gasteiger partial charge in [0.15, 0.2) is 0 Å². The summed E-state index contributed by atoms with van der Waals surface area (Å²) in [6, 6.07) is 9.12. The quantitative estimate of drug-likeness (QED) is 0.296.